The lowest BCUT2D eigenvalue weighted by Gasteiger charge is -2.10. The normalized spacial score (nSPS) is 10.2. The number of nitrogens with zero attached hydrogens (tertiary/aromatic N) is 1. The lowest BCUT2D eigenvalue weighted by atomic mass is 10.1. The van der Waals surface area contributed by atoms with Gasteiger partial charge in [-0.2, -0.15) is 0 Å². The van der Waals surface area contributed by atoms with Crippen LogP contribution in [0.4, 0.5) is 11.4 Å². The Bertz CT molecular complexity index is 820. The summed E-state index contributed by atoms with van der Waals surface area (Å²) in [5, 5.41) is 22.4. The number of rotatable bonds is 4. The number of nitro benzene ring substituents is 1. The van der Waals surface area contributed by atoms with E-state index in [1.807, 2.05) is 0 Å². The number of benzene rings is 2. The zero-order chi connectivity index (χ0) is 17.1. The summed E-state index contributed by atoms with van der Waals surface area (Å²) in [4.78, 5) is 33.6. The Labute approximate surface area is 135 Å². The van der Waals surface area contributed by atoms with Gasteiger partial charge < -0.3 is 10.4 Å². The Morgan fingerprint density at radius 1 is 1.17 bits per heavy atom. The van der Waals surface area contributed by atoms with Gasteiger partial charge in [0.25, 0.3) is 11.6 Å². The minimum Gasteiger partial charge on any atom is -0.478 e. The number of carbonyl (C=O) groups excluding carboxylic acids is 1. The van der Waals surface area contributed by atoms with Crippen LogP contribution in [0.1, 0.15) is 26.3 Å². The lowest BCUT2D eigenvalue weighted by Crippen LogP contribution is -2.15. The molecule has 2 rings (SSSR count). The Balaban J connectivity index is 2.39. The van der Waals surface area contributed by atoms with Crippen LogP contribution in [0, 0.1) is 17.0 Å². The van der Waals surface area contributed by atoms with Gasteiger partial charge in [-0.05, 0) is 25.1 Å². The highest BCUT2D eigenvalue weighted by Crippen LogP contribution is 2.24. The van der Waals surface area contributed by atoms with Gasteiger partial charge in [0.2, 0.25) is 0 Å². The summed E-state index contributed by atoms with van der Waals surface area (Å²) in [6, 6.07) is 7.94. The standard InChI is InChI=1S/C15H11ClN2O5/c1-8-2-5-13(11(6-8)15(20)21)17-14(19)10-7-9(18(22)23)3-4-12(10)16/h2-7H,1H3,(H,17,19)(H,20,21). The maximum absolute atomic E-state index is 12.3. The summed E-state index contributed by atoms with van der Waals surface area (Å²) >= 11 is 5.89. The van der Waals surface area contributed by atoms with E-state index in [-0.39, 0.29) is 27.5 Å². The van der Waals surface area contributed by atoms with E-state index < -0.39 is 16.8 Å². The van der Waals surface area contributed by atoms with E-state index in [9.17, 15) is 24.8 Å². The van der Waals surface area contributed by atoms with Gasteiger partial charge in [0, 0.05) is 12.1 Å². The van der Waals surface area contributed by atoms with E-state index in [1.165, 1.54) is 24.3 Å². The molecular formula is C15H11ClN2O5. The third kappa shape index (κ3) is 3.64. The first-order valence-corrected chi connectivity index (χ1v) is 6.76. The fourth-order valence-electron chi connectivity index (χ4n) is 1.93. The molecule has 7 nitrogen and oxygen atoms in total. The fourth-order valence-corrected chi connectivity index (χ4v) is 2.14. The first-order valence-electron chi connectivity index (χ1n) is 6.39. The summed E-state index contributed by atoms with van der Waals surface area (Å²) < 4.78 is 0. The predicted molar refractivity (Wildman–Crippen MR) is 84.2 cm³/mol. The molecule has 118 valence electrons. The first-order chi connectivity index (χ1) is 10.8. The van der Waals surface area contributed by atoms with Crippen molar-refractivity contribution >= 4 is 34.9 Å². The Kier molecular flexibility index (Phi) is 4.61. The number of amides is 1. The average Bonchev–Trinajstić information content (AvgIpc) is 2.48. The maximum atomic E-state index is 12.3. The smallest absolute Gasteiger partial charge is 0.337 e. The fraction of sp³-hybridized carbons (Fsp3) is 0.0667. The summed E-state index contributed by atoms with van der Waals surface area (Å²) in [6.45, 7) is 1.72. The topological polar surface area (TPSA) is 110 Å². The maximum Gasteiger partial charge on any atom is 0.337 e. The molecule has 0 heterocycles. The van der Waals surface area contributed by atoms with Crippen molar-refractivity contribution in [3.8, 4) is 0 Å². The highest BCUT2D eigenvalue weighted by molar-refractivity contribution is 6.34. The molecule has 0 unspecified atom stereocenters. The number of aromatic carboxylic acids is 1. The molecule has 0 spiro atoms. The number of anilines is 1. The number of carbonyl (C=O) groups is 2. The van der Waals surface area contributed by atoms with Gasteiger partial charge in [-0.1, -0.05) is 23.2 Å². The quantitative estimate of drug-likeness (QED) is 0.656. The second kappa shape index (κ2) is 6.45. The van der Waals surface area contributed by atoms with Crippen molar-refractivity contribution in [2.24, 2.45) is 0 Å². The Morgan fingerprint density at radius 2 is 1.87 bits per heavy atom. The number of halogens is 1. The third-order valence-corrected chi connectivity index (χ3v) is 3.39. The van der Waals surface area contributed by atoms with E-state index in [0.717, 1.165) is 6.07 Å². The second-order valence-electron chi connectivity index (χ2n) is 4.73. The average molecular weight is 335 g/mol. The SMILES string of the molecule is Cc1ccc(NC(=O)c2cc([N+](=O)[O-])ccc2Cl)c(C(=O)O)c1. The Hall–Kier alpha value is -2.93. The molecule has 0 aliphatic heterocycles. The molecule has 0 bridgehead atoms. The molecular weight excluding hydrogens is 324 g/mol. The number of hydrogen-bond donors (Lipinski definition) is 2. The van der Waals surface area contributed by atoms with E-state index in [1.54, 1.807) is 13.0 Å². The van der Waals surface area contributed by atoms with Crippen molar-refractivity contribution in [1.29, 1.82) is 0 Å². The predicted octanol–water partition coefficient (Wildman–Crippen LogP) is 3.51. The van der Waals surface area contributed by atoms with Crippen molar-refractivity contribution in [2.45, 2.75) is 6.92 Å². The number of nitro groups is 1. The molecule has 23 heavy (non-hydrogen) atoms. The number of non-ortho nitro benzene ring substituents is 1. The van der Waals surface area contributed by atoms with E-state index >= 15 is 0 Å². The molecule has 2 N–H and O–H groups in total. The van der Waals surface area contributed by atoms with Crippen LogP contribution in [0.25, 0.3) is 0 Å². The molecule has 0 aromatic heterocycles. The van der Waals surface area contributed by atoms with Gasteiger partial charge in [-0.3, -0.25) is 14.9 Å². The van der Waals surface area contributed by atoms with Crippen LogP contribution in [0.2, 0.25) is 5.02 Å². The number of carboxylic acids is 1. The van der Waals surface area contributed by atoms with Gasteiger partial charge in [0.15, 0.2) is 0 Å². The highest BCUT2D eigenvalue weighted by Gasteiger charge is 2.18. The minimum atomic E-state index is -1.20. The lowest BCUT2D eigenvalue weighted by molar-refractivity contribution is -0.384. The Morgan fingerprint density at radius 3 is 2.48 bits per heavy atom. The van der Waals surface area contributed by atoms with Crippen LogP contribution in [0.5, 0.6) is 0 Å². The van der Waals surface area contributed by atoms with Gasteiger partial charge in [0.05, 0.1) is 26.8 Å². The minimum absolute atomic E-state index is 0.0251. The molecule has 0 fully saturated rings. The van der Waals surface area contributed by atoms with Crippen LogP contribution >= 0.6 is 11.6 Å². The zero-order valence-electron chi connectivity index (χ0n) is 11.9. The number of nitrogens with one attached hydrogen (secondary N) is 1. The molecule has 2 aromatic carbocycles. The van der Waals surface area contributed by atoms with Crippen LogP contribution in [-0.4, -0.2) is 21.9 Å². The van der Waals surface area contributed by atoms with Crippen molar-refractivity contribution in [3.05, 3.63) is 68.2 Å². The van der Waals surface area contributed by atoms with Crippen LogP contribution in [0.15, 0.2) is 36.4 Å². The van der Waals surface area contributed by atoms with Crippen molar-refractivity contribution in [3.63, 3.8) is 0 Å². The molecule has 0 saturated carbocycles. The third-order valence-electron chi connectivity index (χ3n) is 3.06. The van der Waals surface area contributed by atoms with E-state index in [0.29, 0.717) is 5.56 Å². The summed E-state index contributed by atoms with van der Waals surface area (Å²) in [5.74, 6) is -1.93. The zero-order valence-corrected chi connectivity index (χ0v) is 12.6. The van der Waals surface area contributed by atoms with E-state index in [2.05, 4.69) is 5.32 Å². The second-order valence-corrected chi connectivity index (χ2v) is 5.14. The van der Waals surface area contributed by atoms with Gasteiger partial charge in [-0.25, -0.2) is 4.79 Å². The molecule has 0 aliphatic rings. The summed E-state index contributed by atoms with van der Waals surface area (Å²) in [5.41, 5.74) is 0.309. The molecule has 2 aromatic rings. The number of hydrogen-bond acceptors (Lipinski definition) is 4. The van der Waals surface area contributed by atoms with Gasteiger partial charge in [0.1, 0.15) is 0 Å². The van der Waals surface area contributed by atoms with Crippen molar-refractivity contribution < 1.29 is 19.6 Å². The van der Waals surface area contributed by atoms with Crippen LogP contribution in [-0.2, 0) is 0 Å². The number of carboxylic acid groups (broad SMARTS) is 1. The molecule has 0 radical (unpaired) electrons. The number of aryl methyl sites for hydroxylation is 1. The molecule has 1 amide bonds. The summed E-state index contributed by atoms with van der Waals surface area (Å²) in [7, 11) is 0. The highest BCUT2D eigenvalue weighted by atomic mass is 35.5. The molecule has 8 heteroatoms. The van der Waals surface area contributed by atoms with Gasteiger partial charge in [-0.15, -0.1) is 0 Å². The van der Waals surface area contributed by atoms with Crippen LogP contribution < -0.4 is 5.32 Å². The largest absolute Gasteiger partial charge is 0.478 e. The van der Waals surface area contributed by atoms with Crippen molar-refractivity contribution in [2.75, 3.05) is 5.32 Å². The first kappa shape index (κ1) is 16.4. The summed E-state index contributed by atoms with van der Waals surface area (Å²) in [6.07, 6.45) is 0. The molecule has 0 saturated heterocycles. The van der Waals surface area contributed by atoms with Crippen LogP contribution in [0.3, 0.4) is 0 Å². The molecule has 0 atom stereocenters. The van der Waals surface area contributed by atoms with E-state index in [4.69, 9.17) is 11.6 Å². The van der Waals surface area contributed by atoms with Crippen molar-refractivity contribution in [1.82, 2.24) is 0 Å². The molecule has 0 aliphatic carbocycles. The monoisotopic (exact) mass is 334 g/mol. The van der Waals surface area contributed by atoms with Gasteiger partial charge >= 0.3 is 5.97 Å².